The summed E-state index contributed by atoms with van der Waals surface area (Å²) in [5, 5.41) is 6.17. The van der Waals surface area contributed by atoms with E-state index in [2.05, 4.69) is 47.7 Å². The molecule has 19 heavy (non-hydrogen) atoms. The van der Waals surface area contributed by atoms with Crippen molar-refractivity contribution in [2.45, 2.75) is 20.3 Å². The Hall–Kier alpha value is -0.980. The summed E-state index contributed by atoms with van der Waals surface area (Å²) in [7, 11) is 3.61. The first-order valence-corrected chi connectivity index (χ1v) is 6.26. The van der Waals surface area contributed by atoms with Crippen LogP contribution in [-0.2, 0) is 0 Å². The van der Waals surface area contributed by atoms with E-state index in [-0.39, 0.29) is 24.0 Å². The number of hydrogen-bond acceptors (Lipinski definition) is 2. The number of rotatable bonds is 5. The molecule has 0 heterocycles. The molecule has 108 valence electrons. The molecule has 2 N–H and O–H groups in total. The van der Waals surface area contributed by atoms with Gasteiger partial charge in [0.15, 0.2) is 5.96 Å². The molecule has 5 heteroatoms. The van der Waals surface area contributed by atoms with Gasteiger partial charge in [-0.3, -0.25) is 4.99 Å². The van der Waals surface area contributed by atoms with Gasteiger partial charge in [0.2, 0.25) is 0 Å². The Morgan fingerprint density at radius 3 is 2.42 bits per heavy atom. The zero-order chi connectivity index (χ0) is 13.4. The van der Waals surface area contributed by atoms with Crippen molar-refractivity contribution in [3.63, 3.8) is 0 Å². The smallest absolute Gasteiger partial charge is 0.190 e. The van der Waals surface area contributed by atoms with Crippen LogP contribution in [0.1, 0.15) is 17.5 Å². The lowest BCUT2D eigenvalue weighted by Crippen LogP contribution is -2.35. The topological polar surface area (TPSA) is 45.7 Å². The third kappa shape index (κ3) is 6.13. The molecule has 0 aromatic heterocycles. The lowest BCUT2D eigenvalue weighted by atomic mass is 10.1. The second-order valence-electron chi connectivity index (χ2n) is 4.17. The molecular weight excluding hydrogens is 353 g/mol. The second kappa shape index (κ2) is 9.89. The Kier molecular flexibility index (Phi) is 9.38. The largest absolute Gasteiger partial charge is 0.493 e. The molecule has 0 spiro atoms. The van der Waals surface area contributed by atoms with Gasteiger partial charge in [-0.05, 0) is 31.4 Å². The van der Waals surface area contributed by atoms with Gasteiger partial charge in [-0.25, -0.2) is 0 Å². The van der Waals surface area contributed by atoms with E-state index in [4.69, 9.17) is 4.74 Å². The molecule has 1 rings (SSSR count). The van der Waals surface area contributed by atoms with Crippen molar-refractivity contribution in [2.24, 2.45) is 4.99 Å². The molecule has 0 amide bonds. The van der Waals surface area contributed by atoms with E-state index >= 15 is 0 Å². The number of halogens is 1. The summed E-state index contributed by atoms with van der Waals surface area (Å²) in [5.41, 5.74) is 2.38. The predicted molar refractivity (Wildman–Crippen MR) is 91.9 cm³/mol. The highest BCUT2D eigenvalue weighted by molar-refractivity contribution is 14.0. The molecule has 0 aliphatic carbocycles. The summed E-state index contributed by atoms with van der Waals surface area (Å²) in [5.74, 6) is 1.82. The van der Waals surface area contributed by atoms with E-state index in [0.717, 1.165) is 24.7 Å². The number of hydrogen-bond donors (Lipinski definition) is 2. The fourth-order valence-corrected chi connectivity index (χ4v) is 1.76. The summed E-state index contributed by atoms with van der Waals surface area (Å²) >= 11 is 0. The SMILES string of the molecule is CN=C(NC)NCCCOc1c(C)cccc1C.I. The number of aliphatic imine (C=N–C) groups is 1. The zero-order valence-electron chi connectivity index (χ0n) is 12.1. The molecule has 1 aromatic rings. The van der Waals surface area contributed by atoms with Crippen LogP contribution in [0.4, 0.5) is 0 Å². The standard InChI is InChI=1S/C14H23N3O.HI/c1-11-7-5-8-12(2)13(11)18-10-6-9-17-14(15-3)16-4;/h5,7-8H,6,9-10H2,1-4H3,(H2,15,16,17);1H. The van der Waals surface area contributed by atoms with E-state index in [9.17, 15) is 0 Å². The van der Waals surface area contributed by atoms with Crippen LogP contribution in [0.15, 0.2) is 23.2 Å². The third-order valence-corrected chi connectivity index (χ3v) is 2.73. The van der Waals surface area contributed by atoms with Crippen LogP contribution in [0, 0.1) is 13.8 Å². The summed E-state index contributed by atoms with van der Waals surface area (Å²) in [4.78, 5) is 4.04. The summed E-state index contributed by atoms with van der Waals surface area (Å²) in [6.45, 7) is 5.70. The maximum absolute atomic E-state index is 5.82. The molecule has 0 bridgehead atoms. The molecule has 0 saturated heterocycles. The number of para-hydroxylation sites is 1. The number of guanidine groups is 1. The fourth-order valence-electron chi connectivity index (χ4n) is 1.76. The second-order valence-corrected chi connectivity index (χ2v) is 4.17. The summed E-state index contributed by atoms with van der Waals surface area (Å²) < 4.78 is 5.82. The van der Waals surface area contributed by atoms with Gasteiger partial charge >= 0.3 is 0 Å². The van der Waals surface area contributed by atoms with Crippen molar-refractivity contribution in [3.8, 4) is 5.75 Å². The first-order valence-electron chi connectivity index (χ1n) is 6.26. The molecule has 1 aromatic carbocycles. The quantitative estimate of drug-likeness (QED) is 0.359. The van der Waals surface area contributed by atoms with Crippen LogP contribution in [0.25, 0.3) is 0 Å². The highest BCUT2D eigenvalue weighted by Gasteiger charge is 2.02. The molecule has 0 aliphatic rings. The van der Waals surface area contributed by atoms with Crippen LogP contribution in [-0.4, -0.2) is 33.2 Å². The van der Waals surface area contributed by atoms with Gasteiger partial charge in [0.25, 0.3) is 0 Å². The van der Waals surface area contributed by atoms with Gasteiger partial charge in [0, 0.05) is 20.6 Å². The lowest BCUT2D eigenvalue weighted by molar-refractivity contribution is 0.307. The van der Waals surface area contributed by atoms with E-state index < -0.39 is 0 Å². The van der Waals surface area contributed by atoms with E-state index in [1.54, 1.807) is 7.05 Å². The first kappa shape index (κ1) is 18.0. The Labute approximate surface area is 133 Å². The van der Waals surface area contributed by atoms with Crippen molar-refractivity contribution >= 4 is 29.9 Å². The van der Waals surface area contributed by atoms with Gasteiger partial charge in [-0.1, -0.05) is 18.2 Å². The molecule has 0 unspecified atom stereocenters. The summed E-state index contributed by atoms with van der Waals surface area (Å²) in [6, 6.07) is 6.20. The number of ether oxygens (including phenoxy) is 1. The minimum absolute atomic E-state index is 0. The molecule has 4 nitrogen and oxygen atoms in total. The Bertz CT molecular complexity index is 387. The number of nitrogens with one attached hydrogen (secondary N) is 2. The van der Waals surface area contributed by atoms with Crippen molar-refractivity contribution < 1.29 is 4.74 Å². The fraction of sp³-hybridized carbons (Fsp3) is 0.500. The highest BCUT2D eigenvalue weighted by Crippen LogP contribution is 2.22. The highest BCUT2D eigenvalue weighted by atomic mass is 127. The van der Waals surface area contributed by atoms with E-state index in [1.807, 2.05) is 7.05 Å². The molecule has 0 aliphatic heterocycles. The Morgan fingerprint density at radius 2 is 1.89 bits per heavy atom. The van der Waals surface area contributed by atoms with E-state index in [1.165, 1.54) is 11.1 Å². The predicted octanol–water partition coefficient (Wildman–Crippen LogP) is 2.49. The third-order valence-electron chi connectivity index (χ3n) is 2.73. The Balaban J connectivity index is 0.00000324. The summed E-state index contributed by atoms with van der Waals surface area (Å²) in [6.07, 6.45) is 0.939. The van der Waals surface area contributed by atoms with Gasteiger partial charge in [-0.15, -0.1) is 24.0 Å². The van der Waals surface area contributed by atoms with Crippen LogP contribution in [0.2, 0.25) is 0 Å². The average molecular weight is 377 g/mol. The number of nitrogens with zero attached hydrogens (tertiary/aromatic N) is 1. The van der Waals surface area contributed by atoms with Gasteiger partial charge in [0.05, 0.1) is 6.61 Å². The van der Waals surface area contributed by atoms with E-state index in [0.29, 0.717) is 6.61 Å². The van der Waals surface area contributed by atoms with Crippen molar-refractivity contribution in [2.75, 3.05) is 27.2 Å². The normalized spacial score (nSPS) is 10.6. The number of aryl methyl sites for hydroxylation is 2. The van der Waals surface area contributed by atoms with Crippen molar-refractivity contribution in [3.05, 3.63) is 29.3 Å². The van der Waals surface area contributed by atoms with Crippen LogP contribution >= 0.6 is 24.0 Å². The molecule has 0 radical (unpaired) electrons. The maximum Gasteiger partial charge on any atom is 0.190 e. The molecule has 0 saturated carbocycles. The van der Waals surface area contributed by atoms with Crippen LogP contribution in [0.5, 0.6) is 5.75 Å². The van der Waals surface area contributed by atoms with Crippen molar-refractivity contribution in [1.82, 2.24) is 10.6 Å². The molecule has 0 atom stereocenters. The maximum atomic E-state index is 5.82. The minimum atomic E-state index is 0. The first-order chi connectivity index (χ1) is 8.69. The van der Waals surface area contributed by atoms with Gasteiger partial charge in [0.1, 0.15) is 5.75 Å². The Morgan fingerprint density at radius 1 is 1.26 bits per heavy atom. The number of benzene rings is 1. The van der Waals surface area contributed by atoms with Gasteiger partial charge in [-0.2, -0.15) is 0 Å². The zero-order valence-corrected chi connectivity index (χ0v) is 14.4. The molecular formula is C14H24IN3O. The van der Waals surface area contributed by atoms with Crippen LogP contribution in [0.3, 0.4) is 0 Å². The van der Waals surface area contributed by atoms with Crippen molar-refractivity contribution in [1.29, 1.82) is 0 Å². The van der Waals surface area contributed by atoms with Crippen LogP contribution < -0.4 is 15.4 Å². The minimum Gasteiger partial charge on any atom is -0.493 e. The lowest BCUT2D eigenvalue weighted by Gasteiger charge is -2.12. The molecule has 0 fully saturated rings. The average Bonchev–Trinajstić information content (AvgIpc) is 2.37. The van der Waals surface area contributed by atoms with Gasteiger partial charge < -0.3 is 15.4 Å². The monoisotopic (exact) mass is 377 g/mol.